The number of thiophene rings is 1. The maximum atomic E-state index is 14.4. The summed E-state index contributed by atoms with van der Waals surface area (Å²) in [5.41, 5.74) is 1.29. The lowest BCUT2D eigenvalue weighted by molar-refractivity contribution is -0.137. The van der Waals surface area contributed by atoms with Gasteiger partial charge in [-0.25, -0.2) is 4.39 Å². The van der Waals surface area contributed by atoms with Crippen molar-refractivity contribution in [2.24, 2.45) is 11.8 Å². The van der Waals surface area contributed by atoms with Crippen LogP contribution in [0.1, 0.15) is 35.2 Å². The van der Waals surface area contributed by atoms with Gasteiger partial charge in [0.05, 0.1) is 18.1 Å². The van der Waals surface area contributed by atoms with E-state index in [1.54, 1.807) is 17.0 Å². The topological polar surface area (TPSA) is 49.9 Å². The van der Waals surface area contributed by atoms with Crippen LogP contribution in [0.5, 0.6) is 0 Å². The number of nitrogens with zero attached hydrogens (tertiary/aromatic N) is 2. The summed E-state index contributed by atoms with van der Waals surface area (Å²) in [5.74, 6) is 0.0934. The second-order valence-corrected chi connectivity index (χ2v) is 9.29. The van der Waals surface area contributed by atoms with Crippen LogP contribution in [0.3, 0.4) is 0 Å². The molecule has 2 aromatic rings. The minimum absolute atomic E-state index is 0.0198. The number of carbonyl (C=O) groups is 2. The fourth-order valence-electron chi connectivity index (χ4n) is 4.74. The first-order valence-electron chi connectivity index (χ1n) is 10.9. The first-order chi connectivity index (χ1) is 15.0. The van der Waals surface area contributed by atoms with Crippen molar-refractivity contribution in [3.63, 3.8) is 0 Å². The summed E-state index contributed by atoms with van der Waals surface area (Å²) >= 11 is 1.49. The van der Waals surface area contributed by atoms with Gasteiger partial charge in [-0.3, -0.25) is 9.59 Å². The van der Waals surface area contributed by atoms with Crippen molar-refractivity contribution in [2.45, 2.75) is 31.7 Å². The first-order valence-corrected chi connectivity index (χ1v) is 11.9. The third kappa shape index (κ3) is 4.99. The number of hydrogen-bond donors (Lipinski definition) is 0. The molecule has 0 spiro atoms. The number of rotatable bonds is 6. The molecule has 2 atom stereocenters. The van der Waals surface area contributed by atoms with E-state index in [0.29, 0.717) is 43.9 Å². The SMILES string of the molecule is CN(C(=O)c1ccsc1)[C@H](Cc1ccccc1F)C1CCN(C(=O)[C@@H]2CCOC2)CC1. The van der Waals surface area contributed by atoms with Gasteiger partial charge in [0.1, 0.15) is 5.82 Å². The van der Waals surface area contributed by atoms with E-state index in [1.165, 1.54) is 17.4 Å². The molecule has 2 amide bonds. The molecule has 0 aliphatic carbocycles. The zero-order valence-electron chi connectivity index (χ0n) is 17.8. The van der Waals surface area contributed by atoms with Gasteiger partial charge >= 0.3 is 0 Å². The molecule has 3 heterocycles. The number of piperidine rings is 1. The number of ether oxygens (including phenoxy) is 1. The van der Waals surface area contributed by atoms with Gasteiger partial charge in [0.15, 0.2) is 0 Å². The molecule has 31 heavy (non-hydrogen) atoms. The summed E-state index contributed by atoms with van der Waals surface area (Å²) in [7, 11) is 1.82. The smallest absolute Gasteiger partial charge is 0.254 e. The van der Waals surface area contributed by atoms with Gasteiger partial charge < -0.3 is 14.5 Å². The Balaban J connectivity index is 1.48. The van der Waals surface area contributed by atoms with Crippen molar-refractivity contribution in [1.82, 2.24) is 9.80 Å². The van der Waals surface area contributed by atoms with Crippen LogP contribution in [-0.2, 0) is 16.0 Å². The van der Waals surface area contributed by atoms with Crippen molar-refractivity contribution in [3.8, 4) is 0 Å². The lowest BCUT2D eigenvalue weighted by atomic mass is 9.84. The highest BCUT2D eigenvalue weighted by Gasteiger charge is 2.35. The zero-order chi connectivity index (χ0) is 21.8. The van der Waals surface area contributed by atoms with E-state index in [-0.39, 0.29) is 35.5 Å². The van der Waals surface area contributed by atoms with E-state index in [0.717, 1.165) is 19.3 Å². The van der Waals surface area contributed by atoms with Gasteiger partial charge in [-0.15, -0.1) is 0 Å². The highest BCUT2D eigenvalue weighted by Crippen LogP contribution is 2.29. The molecule has 0 saturated carbocycles. The van der Waals surface area contributed by atoms with Crippen molar-refractivity contribution in [3.05, 3.63) is 58.0 Å². The number of likely N-dealkylation sites (tertiary alicyclic amines) is 1. The van der Waals surface area contributed by atoms with Crippen LogP contribution in [0.25, 0.3) is 0 Å². The second-order valence-electron chi connectivity index (χ2n) is 8.51. The highest BCUT2D eigenvalue weighted by atomic mass is 32.1. The number of likely N-dealkylation sites (N-methyl/N-ethyl adjacent to an activating group) is 1. The number of benzene rings is 1. The van der Waals surface area contributed by atoms with Crippen molar-refractivity contribution < 1.29 is 18.7 Å². The van der Waals surface area contributed by atoms with Gasteiger partial charge in [0.2, 0.25) is 5.91 Å². The fraction of sp³-hybridized carbons (Fsp3) is 0.500. The van der Waals surface area contributed by atoms with Crippen LogP contribution in [0.4, 0.5) is 4.39 Å². The van der Waals surface area contributed by atoms with Crippen LogP contribution in [-0.4, -0.2) is 61.0 Å². The summed E-state index contributed by atoms with van der Waals surface area (Å²) < 4.78 is 19.8. The van der Waals surface area contributed by atoms with E-state index in [4.69, 9.17) is 4.74 Å². The molecule has 166 valence electrons. The average Bonchev–Trinajstić information content (AvgIpc) is 3.52. The highest BCUT2D eigenvalue weighted by molar-refractivity contribution is 7.08. The second kappa shape index (κ2) is 9.92. The van der Waals surface area contributed by atoms with E-state index in [2.05, 4.69) is 0 Å². The Morgan fingerprint density at radius 2 is 2.00 bits per heavy atom. The summed E-state index contributed by atoms with van der Waals surface area (Å²) in [4.78, 5) is 29.5. The monoisotopic (exact) mass is 444 g/mol. The summed E-state index contributed by atoms with van der Waals surface area (Å²) in [6.45, 7) is 2.53. The Morgan fingerprint density at radius 1 is 1.23 bits per heavy atom. The molecule has 1 aromatic heterocycles. The molecule has 0 bridgehead atoms. The molecule has 0 radical (unpaired) electrons. The minimum Gasteiger partial charge on any atom is -0.381 e. The maximum absolute atomic E-state index is 14.4. The molecule has 4 rings (SSSR count). The van der Waals surface area contributed by atoms with Crippen LogP contribution < -0.4 is 0 Å². The largest absolute Gasteiger partial charge is 0.381 e. The van der Waals surface area contributed by atoms with Crippen molar-refractivity contribution >= 4 is 23.2 Å². The number of halogens is 1. The van der Waals surface area contributed by atoms with Gasteiger partial charge in [-0.2, -0.15) is 11.3 Å². The zero-order valence-corrected chi connectivity index (χ0v) is 18.7. The van der Waals surface area contributed by atoms with Crippen LogP contribution in [0, 0.1) is 17.7 Å². The van der Waals surface area contributed by atoms with Gasteiger partial charge in [0, 0.05) is 38.2 Å². The quantitative estimate of drug-likeness (QED) is 0.680. The molecule has 7 heteroatoms. The van der Waals surface area contributed by atoms with E-state index < -0.39 is 0 Å². The maximum Gasteiger partial charge on any atom is 0.254 e. The lowest BCUT2D eigenvalue weighted by Crippen LogP contribution is -2.49. The van der Waals surface area contributed by atoms with Gasteiger partial charge in [0.25, 0.3) is 5.91 Å². The molecule has 2 saturated heterocycles. The summed E-state index contributed by atoms with van der Waals surface area (Å²) in [5, 5.41) is 3.74. The summed E-state index contributed by atoms with van der Waals surface area (Å²) in [6, 6.07) is 8.49. The van der Waals surface area contributed by atoms with Crippen LogP contribution in [0.15, 0.2) is 41.1 Å². The molecule has 2 fully saturated rings. The molecule has 0 unspecified atom stereocenters. The average molecular weight is 445 g/mol. The van der Waals surface area contributed by atoms with Crippen molar-refractivity contribution in [1.29, 1.82) is 0 Å². The Kier molecular flexibility index (Phi) is 7.02. The normalized spacial score (nSPS) is 20.6. The molecular weight excluding hydrogens is 415 g/mol. The van der Waals surface area contributed by atoms with Gasteiger partial charge in [-0.05, 0) is 54.7 Å². The molecule has 5 nitrogen and oxygen atoms in total. The van der Waals surface area contributed by atoms with Crippen molar-refractivity contribution in [2.75, 3.05) is 33.4 Å². The lowest BCUT2D eigenvalue weighted by Gasteiger charge is -2.40. The molecule has 0 N–H and O–H groups in total. The predicted molar refractivity (Wildman–Crippen MR) is 119 cm³/mol. The Labute approximate surface area is 186 Å². The molecule has 2 aliphatic heterocycles. The summed E-state index contributed by atoms with van der Waals surface area (Å²) in [6.07, 6.45) is 2.88. The predicted octanol–water partition coefficient (Wildman–Crippen LogP) is 3.85. The van der Waals surface area contributed by atoms with E-state index in [1.807, 2.05) is 34.8 Å². The Bertz CT molecular complexity index is 890. The third-order valence-electron chi connectivity index (χ3n) is 6.65. The Morgan fingerprint density at radius 3 is 2.65 bits per heavy atom. The first kappa shape index (κ1) is 22.0. The number of carbonyl (C=O) groups excluding carboxylic acids is 2. The Hall–Kier alpha value is -2.25. The number of amides is 2. The molecule has 2 aliphatic rings. The molecular formula is C24H29FN2O3S. The van der Waals surface area contributed by atoms with E-state index in [9.17, 15) is 14.0 Å². The standard InChI is InChI=1S/C24H29FN2O3S/c1-26(23(28)20-9-13-31-16-20)22(14-18-4-2-3-5-21(18)25)17-6-10-27(11-7-17)24(29)19-8-12-30-15-19/h2-5,9,13,16-17,19,22H,6-8,10-12,14-15H2,1H3/t19-,22-/m1/s1. The minimum atomic E-state index is -0.238. The van der Waals surface area contributed by atoms with Gasteiger partial charge in [-0.1, -0.05) is 18.2 Å². The number of hydrogen-bond acceptors (Lipinski definition) is 4. The van der Waals surface area contributed by atoms with Crippen LogP contribution >= 0.6 is 11.3 Å². The molecule has 1 aromatic carbocycles. The van der Waals surface area contributed by atoms with E-state index >= 15 is 0 Å². The fourth-order valence-corrected chi connectivity index (χ4v) is 5.37. The third-order valence-corrected chi connectivity index (χ3v) is 7.33. The van der Waals surface area contributed by atoms with Crippen LogP contribution in [0.2, 0.25) is 0 Å².